The van der Waals surface area contributed by atoms with Crippen LogP contribution < -0.4 is 5.32 Å². The van der Waals surface area contributed by atoms with Gasteiger partial charge in [0.05, 0.1) is 17.6 Å². The molecule has 1 N–H and O–H groups in total. The molecule has 3 nitrogen and oxygen atoms in total. The normalized spacial score (nSPS) is 22.5. The summed E-state index contributed by atoms with van der Waals surface area (Å²) < 4.78 is 1.80. The maximum Gasteiger partial charge on any atom is 0.252 e. The minimum atomic E-state index is -0.104. The highest BCUT2D eigenvalue weighted by Gasteiger charge is 2.29. The number of nitriles is 1. The second-order valence-corrected chi connectivity index (χ2v) is 6.47. The van der Waals surface area contributed by atoms with Crippen molar-refractivity contribution in [2.45, 2.75) is 25.3 Å². The van der Waals surface area contributed by atoms with Crippen molar-refractivity contribution in [1.82, 2.24) is 5.32 Å². The van der Waals surface area contributed by atoms with Crippen LogP contribution in [0.1, 0.15) is 29.6 Å². The quantitative estimate of drug-likeness (QED) is 0.747. The third-order valence-corrected chi connectivity index (χ3v) is 4.53. The van der Waals surface area contributed by atoms with E-state index < -0.39 is 0 Å². The van der Waals surface area contributed by atoms with Crippen LogP contribution in [0.3, 0.4) is 0 Å². The molecule has 2 atom stereocenters. The number of carbonyl (C=O) groups excluding carboxylic acids is 1. The molecule has 0 saturated heterocycles. The lowest BCUT2D eigenvalue weighted by Crippen LogP contribution is -2.37. The van der Waals surface area contributed by atoms with Gasteiger partial charge < -0.3 is 5.32 Å². The van der Waals surface area contributed by atoms with Crippen molar-refractivity contribution in [1.29, 1.82) is 5.26 Å². The molecule has 1 fully saturated rings. The second kappa shape index (κ2) is 6.02. The van der Waals surface area contributed by atoms with Crippen LogP contribution in [0.25, 0.3) is 0 Å². The summed E-state index contributed by atoms with van der Waals surface area (Å²) in [6, 6.07) is 7.91. The van der Waals surface area contributed by atoms with Gasteiger partial charge in [-0.15, -0.1) is 0 Å². The maximum atomic E-state index is 12.2. The summed E-state index contributed by atoms with van der Waals surface area (Å²) in [7, 11) is 0. The zero-order valence-corrected chi connectivity index (χ0v) is 13.4. The van der Waals surface area contributed by atoms with E-state index in [0.717, 1.165) is 27.3 Å². The zero-order valence-electron chi connectivity index (χ0n) is 9.62. The van der Waals surface area contributed by atoms with Gasteiger partial charge in [0.25, 0.3) is 5.91 Å². The molecule has 2 unspecified atom stereocenters. The molecule has 1 aliphatic carbocycles. The van der Waals surface area contributed by atoms with E-state index in [1.54, 1.807) is 0 Å². The average molecular weight is 419 g/mol. The topological polar surface area (TPSA) is 52.9 Å². The lowest BCUT2D eigenvalue weighted by molar-refractivity contribution is 0.0932. The van der Waals surface area contributed by atoms with Crippen molar-refractivity contribution in [2.24, 2.45) is 5.92 Å². The first-order chi connectivity index (χ1) is 8.61. The fourth-order valence-corrected chi connectivity index (χ4v) is 3.12. The second-order valence-electron chi connectivity index (χ2n) is 4.37. The molecule has 1 saturated carbocycles. The van der Waals surface area contributed by atoms with Crippen molar-refractivity contribution in [2.75, 3.05) is 0 Å². The number of amides is 1. The number of rotatable bonds is 2. The Morgan fingerprint density at radius 2 is 2.28 bits per heavy atom. The molecule has 1 amide bonds. The number of benzene rings is 1. The van der Waals surface area contributed by atoms with E-state index in [-0.39, 0.29) is 17.9 Å². The van der Waals surface area contributed by atoms with Crippen LogP contribution >= 0.6 is 38.5 Å². The monoisotopic (exact) mass is 418 g/mol. The standard InChI is InChI=1S/C13H12BrIN2O/c14-11-5-4-9(15)6-10(11)13(18)17-12-3-1-2-8(12)7-16/h4-6,8,12H,1-3H2,(H,17,18). The van der Waals surface area contributed by atoms with Crippen molar-refractivity contribution in [3.05, 3.63) is 31.8 Å². The van der Waals surface area contributed by atoms with Crippen molar-refractivity contribution < 1.29 is 4.79 Å². The van der Waals surface area contributed by atoms with Crippen molar-refractivity contribution in [3.8, 4) is 6.07 Å². The molecule has 5 heteroatoms. The van der Waals surface area contributed by atoms with Crippen LogP contribution in [0, 0.1) is 20.8 Å². The van der Waals surface area contributed by atoms with Crippen LogP contribution in [-0.2, 0) is 0 Å². The van der Waals surface area contributed by atoms with Gasteiger partial charge in [0.1, 0.15) is 0 Å². The molecule has 0 spiro atoms. The average Bonchev–Trinajstić information content (AvgIpc) is 2.79. The molecule has 0 aliphatic heterocycles. The highest BCUT2D eigenvalue weighted by atomic mass is 127. The van der Waals surface area contributed by atoms with Crippen LogP contribution in [0.4, 0.5) is 0 Å². The smallest absolute Gasteiger partial charge is 0.252 e. The Bertz CT molecular complexity index is 512. The molecule has 0 heterocycles. The van der Waals surface area contributed by atoms with Gasteiger partial charge >= 0.3 is 0 Å². The summed E-state index contributed by atoms with van der Waals surface area (Å²) in [4.78, 5) is 12.2. The summed E-state index contributed by atoms with van der Waals surface area (Å²) in [5.74, 6) is -0.150. The Labute approximate surface area is 128 Å². The molecule has 94 valence electrons. The minimum absolute atomic E-state index is 0.00716. The molecule has 18 heavy (non-hydrogen) atoms. The largest absolute Gasteiger partial charge is 0.348 e. The number of nitrogens with one attached hydrogen (secondary N) is 1. The first-order valence-corrected chi connectivity index (χ1v) is 7.64. The summed E-state index contributed by atoms with van der Waals surface area (Å²) in [5.41, 5.74) is 0.630. The summed E-state index contributed by atoms with van der Waals surface area (Å²) in [6.07, 6.45) is 2.79. The lowest BCUT2D eigenvalue weighted by atomic mass is 10.1. The van der Waals surface area contributed by atoms with E-state index in [1.165, 1.54) is 0 Å². The van der Waals surface area contributed by atoms with Crippen LogP contribution in [0.15, 0.2) is 22.7 Å². The SMILES string of the molecule is N#CC1CCCC1NC(=O)c1cc(I)ccc1Br. The van der Waals surface area contributed by atoms with E-state index in [0.29, 0.717) is 5.56 Å². The number of nitrogens with zero attached hydrogens (tertiary/aromatic N) is 1. The Hall–Kier alpha value is -0.610. The van der Waals surface area contributed by atoms with Gasteiger partial charge in [-0.2, -0.15) is 5.26 Å². The number of carbonyl (C=O) groups is 1. The van der Waals surface area contributed by atoms with Gasteiger partial charge in [0.2, 0.25) is 0 Å². The maximum absolute atomic E-state index is 12.2. The highest BCUT2D eigenvalue weighted by Crippen LogP contribution is 2.26. The molecular weight excluding hydrogens is 407 g/mol. The lowest BCUT2D eigenvalue weighted by Gasteiger charge is -2.16. The molecule has 1 aliphatic rings. The van der Waals surface area contributed by atoms with E-state index >= 15 is 0 Å². The fourth-order valence-electron chi connectivity index (χ4n) is 2.20. The zero-order chi connectivity index (χ0) is 13.1. The van der Waals surface area contributed by atoms with Crippen LogP contribution in [-0.4, -0.2) is 11.9 Å². The van der Waals surface area contributed by atoms with E-state index in [1.807, 2.05) is 18.2 Å². The van der Waals surface area contributed by atoms with Crippen molar-refractivity contribution >= 4 is 44.4 Å². The van der Waals surface area contributed by atoms with Crippen LogP contribution in [0.2, 0.25) is 0 Å². The Morgan fingerprint density at radius 1 is 1.50 bits per heavy atom. The van der Waals surface area contributed by atoms with Gasteiger partial charge in [-0.1, -0.05) is 0 Å². The first-order valence-electron chi connectivity index (χ1n) is 5.77. The third kappa shape index (κ3) is 3.04. The highest BCUT2D eigenvalue weighted by molar-refractivity contribution is 14.1. The molecular formula is C13H12BrIN2O. The third-order valence-electron chi connectivity index (χ3n) is 3.17. The van der Waals surface area contributed by atoms with Gasteiger partial charge in [0, 0.05) is 14.1 Å². The van der Waals surface area contributed by atoms with Crippen molar-refractivity contribution in [3.63, 3.8) is 0 Å². The fraction of sp³-hybridized carbons (Fsp3) is 0.385. The minimum Gasteiger partial charge on any atom is -0.348 e. The molecule has 0 bridgehead atoms. The van der Waals surface area contributed by atoms with Gasteiger partial charge in [-0.05, 0) is 76.0 Å². The Kier molecular flexibility index (Phi) is 4.62. The summed E-state index contributed by atoms with van der Waals surface area (Å²) in [6.45, 7) is 0. The summed E-state index contributed by atoms with van der Waals surface area (Å²) >= 11 is 5.56. The predicted octanol–water partition coefficient (Wildman–Crippen LogP) is 3.48. The van der Waals surface area contributed by atoms with E-state index in [2.05, 4.69) is 49.9 Å². The van der Waals surface area contributed by atoms with Gasteiger partial charge in [-0.3, -0.25) is 4.79 Å². The molecule has 0 radical (unpaired) electrons. The molecule has 1 aromatic rings. The Morgan fingerprint density at radius 3 is 3.00 bits per heavy atom. The van der Waals surface area contributed by atoms with Crippen LogP contribution in [0.5, 0.6) is 0 Å². The number of halogens is 2. The number of hydrogen-bond donors (Lipinski definition) is 1. The molecule has 0 aromatic heterocycles. The Balaban J connectivity index is 2.13. The van der Waals surface area contributed by atoms with Gasteiger partial charge in [0.15, 0.2) is 0 Å². The van der Waals surface area contributed by atoms with E-state index in [9.17, 15) is 4.79 Å². The summed E-state index contributed by atoms with van der Waals surface area (Å²) in [5, 5.41) is 12.0. The first kappa shape index (κ1) is 13.8. The predicted molar refractivity (Wildman–Crippen MR) is 81.1 cm³/mol. The van der Waals surface area contributed by atoms with E-state index in [4.69, 9.17) is 5.26 Å². The number of hydrogen-bond acceptors (Lipinski definition) is 2. The molecule has 1 aromatic carbocycles. The molecule has 2 rings (SSSR count). The van der Waals surface area contributed by atoms with Gasteiger partial charge in [-0.25, -0.2) is 0 Å².